The summed E-state index contributed by atoms with van der Waals surface area (Å²) in [7, 11) is 2.08. The molecular formula is C21H24N2OS. The molecular weight excluding hydrogens is 328 g/mol. The van der Waals surface area contributed by atoms with Gasteiger partial charge in [0.25, 0.3) is 0 Å². The lowest BCUT2D eigenvalue weighted by Crippen LogP contribution is -2.41. The first-order valence-corrected chi connectivity index (χ1v) is 9.46. The van der Waals surface area contributed by atoms with Gasteiger partial charge in [0.15, 0.2) is 0 Å². The molecule has 0 spiro atoms. The van der Waals surface area contributed by atoms with Crippen LogP contribution in [0.2, 0.25) is 0 Å². The van der Waals surface area contributed by atoms with Crippen LogP contribution >= 0.6 is 11.3 Å². The molecule has 3 nitrogen and oxygen atoms in total. The second kappa shape index (κ2) is 8.28. The van der Waals surface area contributed by atoms with Gasteiger partial charge in [0.2, 0.25) is 5.91 Å². The molecule has 3 rings (SSSR count). The number of nitrogens with one attached hydrogen (secondary N) is 1. The minimum Gasteiger partial charge on any atom is -0.352 e. The molecule has 3 aromatic rings. The number of amides is 1. The van der Waals surface area contributed by atoms with Crippen LogP contribution in [0.3, 0.4) is 0 Å². The summed E-state index contributed by atoms with van der Waals surface area (Å²) in [6.07, 6.45) is 0.429. The molecule has 0 radical (unpaired) electrons. The highest BCUT2D eigenvalue weighted by molar-refractivity contribution is 7.17. The van der Waals surface area contributed by atoms with E-state index in [1.54, 1.807) is 11.3 Å². The van der Waals surface area contributed by atoms with Crippen molar-refractivity contribution < 1.29 is 4.79 Å². The van der Waals surface area contributed by atoms with Gasteiger partial charge in [-0.3, -0.25) is 4.79 Å². The maximum absolute atomic E-state index is 12.3. The van der Waals surface area contributed by atoms with Crippen molar-refractivity contribution >= 4 is 27.3 Å². The maximum Gasteiger partial charge on any atom is 0.224 e. The summed E-state index contributed by atoms with van der Waals surface area (Å²) in [6, 6.07) is 18.9. The van der Waals surface area contributed by atoms with Crippen LogP contribution in [0.15, 0.2) is 60.0 Å². The summed E-state index contributed by atoms with van der Waals surface area (Å²) in [5.74, 6) is 0.0789. The third-order valence-corrected chi connectivity index (χ3v) is 5.07. The van der Waals surface area contributed by atoms with E-state index in [-0.39, 0.29) is 11.9 Å². The molecule has 0 aliphatic rings. The Balaban J connectivity index is 1.48. The number of fused-ring (bicyclic) bond motifs is 1. The van der Waals surface area contributed by atoms with E-state index in [1.165, 1.54) is 15.6 Å². The first-order chi connectivity index (χ1) is 12.1. The molecule has 1 unspecified atom stereocenters. The molecule has 1 atom stereocenters. The molecule has 1 heterocycles. The normalized spacial score (nSPS) is 12.4. The van der Waals surface area contributed by atoms with Gasteiger partial charge in [-0.25, -0.2) is 0 Å². The van der Waals surface area contributed by atoms with Gasteiger partial charge in [0, 0.05) is 23.8 Å². The van der Waals surface area contributed by atoms with Crippen LogP contribution in [0.1, 0.15) is 18.1 Å². The van der Waals surface area contributed by atoms with E-state index in [2.05, 4.69) is 72.0 Å². The van der Waals surface area contributed by atoms with Crippen molar-refractivity contribution in [2.24, 2.45) is 0 Å². The van der Waals surface area contributed by atoms with Crippen molar-refractivity contribution in [3.63, 3.8) is 0 Å². The zero-order valence-corrected chi connectivity index (χ0v) is 15.6. The van der Waals surface area contributed by atoms with Crippen LogP contribution < -0.4 is 5.32 Å². The molecule has 1 N–H and O–H groups in total. The number of likely N-dealkylation sites (N-methyl/N-ethyl adjacent to an activating group) is 1. The van der Waals surface area contributed by atoms with Crippen LogP contribution in [0.5, 0.6) is 0 Å². The Bertz CT molecular complexity index is 828. The Hall–Kier alpha value is -2.17. The Kier molecular flexibility index (Phi) is 5.84. The van der Waals surface area contributed by atoms with Crippen molar-refractivity contribution in [3.05, 3.63) is 71.1 Å². The molecule has 4 heteroatoms. The lowest BCUT2D eigenvalue weighted by atomic mass is 10.1. The molecule has 0 fully saturated rings. The molecule has 1 aromatic heterocycles. The number of benzene rings is 2. The van der Waals surface area contributed by atoms with Crippen molar-refractivity contribution in [2.75, 3.05) is 13.6 Å². The third kappa shape index (κ3) is 5.15. The fourth-order valence-corrected chi connectivity index (χ4v) is 3.88. The maximum atomic E-state index is 12.3. The lowest BCUT2D eigenvalue weighted by Gasteiger charge is -2.22. The van der Waals surface area contributed by atoms with Gasteiger partial charge < -0.3 is 10.2 Å². The molecule has 0 aliphatic heterocycles. The quantitative estimate of drug-likeness (QED) is 0.695. The molecule has 0 bridgehead atoms. The first-order valence-electron chi connectivity index (χ1n) is 8.58. The number of hydrogen-bond acceptors (Lipinski definition) is 3. The minimum atomic E-state index is 0.0789. The zero-order chi connectivity index (χ0) is 17.6. The topological polar surface area (TPSA) is 32.3 Å². The average molecular weight is 353 g/mol. The van der Waals surface area contributed by atoms with Crippen LogP contribution in [0.4, 0.5) is 0 Å². The van der Waals surface area contributed by atoms with Crippen molar-refractivity contribution in [2.45, 2.75) is 25.9 Å². The summed E-state index contributed by atoms with van der Waals surface area (Å²) in [5, 5.41) is 6.41. The van der Waals surface area contributed by atoms with Gasteiger partial charge in [0.05, 0.1) is 6.42 Å². The monoisotopic (exact) mass is 352 g/mol. The number of carbonyl (C=O) groups is 1. The SMILES string of the molecule is CC(CN(C)Cc1ccccc1)NC(=O)Cc1ccc2sccc2c1. The van der Waals surface area contributed by atoms with E-state index in [1.807, 2.05) is 12.1 Å². The van der Waals surface area contributed by atoms with Crippen molar-refractivity contribution in [3.8, 4) is 0 Å². The lowest BCUT2D eigenvalue weighted by molar-refractivity contribution is -0.121. The summed E-state index contributed by atoms with van der Waals surface area (Å²) >= 11 is 1.73. The highest BCUT2D eigenvalue weighted by Crippen LogP contribution is 2.21. The van der Waals surface area contributed by atoms with Crippen LogP contribution in [-0.4, -0.2) is 30.4 Å². The Morgan fingerprint density at radius 2 is 1.92 bits per heavy atom. The average Bonchev–Trinajstić information content (AvgIpc) is 3.02. The predicted molar refractivity (Wildman–Crippen MR) is 106 cm³/mol. The summed E-state index contributed by atoms with van der Waals surface area (Å²) in [6.45, 7) is 3.77. The largest absolute Gasteiger partial charge is 0.352 e. The van der Waals surface area contributed by atoms with Crippen molar-refractivity contribution in [1.82, 2.24) is 10.2 Å². The predicted octanol–water partition coefficient (Wildman–Crippen LogP) is 4.08. The molecule has 25 heavy (non-hydrogen) atoms. The summed E-state index contributed by atoms with van der Waals surface area (Å²) in [5.41, 5.74) is 2.35. The Labute approximate surface area is 153 Å². The fourth-order valence-electron chi connectivity index (χ4n) is 3.11. The van der Waals surface area contributed by atoms with Gasteiger partial charge in [-0.15, -0.1) is 11.3 Å². The number of thiophene rings is 1. The first kappa shape index (κ1) is 17.6. The Morgan fingerprint density at radius 3 is 2.72 bits per heavy atom. The van der Waals surface area contributed by atoms with Crippen LogP contribution in [0, 0.1) is 0 Å². The Morgan fingerprint density at radius 1 is 1.12 bits per heavy atom. The van der Waals surface area contributed by atoms with Crippen LogP contribution in [-0.2, 0) is 17.8 Å². The highest BCUT2D eigenvalue weighted by atomic mass is 32.1. The molecule has 1 amide bonds. The third-order valence-electron chi connectivity index (χ3n) is 4.17. The smallest absolute Gasteiger partial charge is 0.224 e. The van der Waals surface area contributed by atoms with E-state index in [0.29, 0.717) is 6.42 Å². The van der Waals surface area contributed by atoms with Crippen LogP contribution in [0.25, 0.3) is 10.1 Å². The molecule has 130 valence electrons. The van der Waals surface area contributed by atoms with E-state index in [0.717, 1.165) is 18.7 Å². The van der Waals surface area contributed by atoms with E-state index >= 15 is 0 Å². The van der Waals surface area contributed by atoms with Gasteiger partial charge >= 0.3 is 0 Å². The van der Waals surface area contributed by atoms with E-state index < -0.39 is 0 Å². The fraction of sp³-hybridized carbons (Fsp3) is 0.286. The second-order valence-electron chi connectivity index (χ2n) is 6.62. The van der Waals surface area contributed by atoms with E-state index in [9.17, 15) is 4.79 Å². The number of nitrogens with zero attached hydrogens (tertiary/aromatic N) is 1. The summed E-state index contributed by atoms with van der Waals surface area (Å²) < 4.78 is 1.26. The number of carbonyl (C=O) groups excluding carboxylic acids is 1. The number of hydrogen-bond donors (Lipinski definition) is 1. The van der Waals surface area contributed by atoms with E-state index in [4.69, 9.17) is 0 Å². The zero-order valence-electron chi connectivity index (χ0n) is 14.7. The highest BCUT2D eigenvalue weighted by Gasteiger charge is 2.11. The second-order valence-corrected chi connectivity index (χ2v) is 7.57. The molecule has 0 aliphatic carbocycles. The van der Waals surface area contributed by atoms with Gasteiger partial charge in [-0.2, -0.15) is 0 Å². The summed E-state index contributed by atoms with van der Waals surface area (Å²) in [4.78, 5) is 14.5. The standard InChI is InChI=1S/C21H24N2OS/c1-16(14-23(2)15-17-6-4-3-5-7-17)22-21(24)13-18-8-9-20-19(12-18)10-11-25-20/h3-12,16H,13-15H2,1-2H3,(H,22,24). The number of rotatable bonds is 7. The molecule has 0 saturated carbocycles. The molecule has 0 saturated heterocycles. The van der Waals surface area contributed by atoms with Crippen molar-refractivity contribution in [1.29, 1.82) is 0 Å². The van der Waals surface area contributed by atoms with Gasteiger partial charge in [-0.05, 0) is 54.1 Å². The van der Waals surface area contributed by atoms with Gasteiger partial charge in [0.1, 0.15) is 0 Å². The molecule has 2 aromatic carbocycles. The van der Waals surface area contributed by atoms with Gasteiger partial charge in [-0.1, -0.05) is 36.4 Å². The minimum absolute atomic E-state index is 0.0789.